The fourth-order valence-corrected chi connectivity index (χ4v) is 1.75. The van der Waals surface area contributed by atoms with Crippen molar-refractivity contribution in [3.63, 3.8) is 0 Å². The standard InChI is InChI=1S/C14H15NO2/c1-3-17-14(16)7-5-11-4-6-12-8-10(2)15-13(12)9-11/h4-9,15H,3H2,1-2H3/b7-5+. The molecular formula is C14H15NO2. The van der Waals surface area contributed by atoms with Gasteiger partial charge in [0.25, 0.3) is 0 Å². The maximum absolute atomic E-state index is 11.2. The number of nitrogens with one attached hydrogen (secondary N) is 1. The average molecular weight is 229 g/mol. The number of aromatic nitrogens is 1. The number of esters is 1. The Balaban J connectivity index is 2.21. The summed E-state index contributed by atoms with van der Waals surface area (Å²) < 4.78 is 4.82. The SMILES string of the molecule is CCOC(=O)/C=C/c1ccc2cc(C)[nH]c2c1. The van der Waals surface area contributed by atoms with E-state index in [1.54, 1.807) is 13.0 Å². The summed E-state index contributed by atoms with van der Waals surface area (Å²) >= 11 is 0. The molecule has 1 heterocycles. The molecule has 0 saturated heterocycles. The molecule has 3 heteroatoms. The fraction of sp³-hybridized carbons (Fsp3) is 0.214. The second-order valence-electron chi connectivity index (χ2n) is 3.88. The van der Waals surface area contributed by atoms with Crippen LogP contribution in [0.3, 0.4) is 0 Å². The Morgan fingerprint density at radius 1 is 1.41 bits per heavy atom. The van der Waals surface area contributed by atoms with E-state index in [-0.39, 0.29) is 5.97 Å². The highest BCUT2D eigenvalue weighted by Crippen LogP contribution is 2.17. The quantitative estimate of drug-likeness (QED) is 0.649. The van der Waals surface area contributed by atoms with Crippen LogP contribution in [-0.4, -0.2) is 17.6 Å². The van der Waals surface area contributed by atoms with Gasteiger partial charge < -0.3 is 9.72 Å². The third kappa shape index (κ3) is 2.75. The van der Waals surface area contributed by atoms with Gasteiger partial charge in [0, 0.05) is 17.3 Å². The number of ether oxygens (including phenoxy) is 1. The minimum atomic E-state index is -0.310. The van der Waals surface area contributed by atoms with Gasteiger partial charge in [0.2, 0.25) is 0 Å². The molecule has 0 amide bonds. The molecule has 2 aromatic rings. The zero-order valence-corrected chi connectivity index (χ0v) is 9.99. The smallest absolute Gasteiger partial charge is 0.330 e. The molecule has 1 aromatic heterocycles. The molecule has 1 N–H and O–H groups in total. The van der Waals surface area contributed by atoms with E-state index in [1.807, 2.05) is 25.1 Å². The van der Waals surface area contributed by atoms with E-state index in [2.05, 4.69) is 11.1 Å². The van der Waals surface area contributed by atoms with E-state index in [1.165, 1.54) is 11.5 Å². The van der Waals surface area contributed by atoms with Crippen LogP contribution in [0.1, 0.15) is 18.2 Å². The summed E-state index contributed by atoms with van der Waals surface area (Å²) in [5, 5.41) is 1.18. The molecule has 0 atom stereocenters. The molecule has 0 fully saturated rings. The summed E-state index contributed by atoms with van der Waals surface area (Å²) in [5.41, 5.74) is 3.19. The number of aryl methyl sites for hydroxylation is 1. The number of carbonyl (C=O) groups excluding carboxylic acids is 1. The van der Waals surface area contributed by atoms with Gasteiger partial charge in [-0.05, 0) is 43.0 Å². The van der Waals surface area contributed by atoms with Crippen molar-refractivity contribution in [2.75, 3.05) is 6.61 Å². The summed E-state index contributed by atoms with van der Waals surface area (Å²) in [6.07, 6.45) is 3.20. The summed E-state index contributed by atoms with van der Waals surface area (Å²) in [7, 11) is 0. The molecule has 0 bridgehead atoms. The summed E-state index contributed by atoms with van der Waals surface area (Å²) in [4.78, 5) is 14.4. The molecule has 17 heavy (non-hydrogen) atoms. The molecule has 88 valence electrons. The Kier molecular flexibility index (Phi) is 3.28. The van der Waals surface area contributed by atoms with Crippen LogP contribution in [0.4, 0.5) is 0 Å². The van der Waals surface area contributed by atoms with Crippen molar-refractivity contribution in [3.05, 3.63) is 41.6 Å². The monoisotopic (exact) mass is 229 g/mol. The van der Waals surface area contributed by atoms with Crippen LogP contribution in [0, 0.1) is 6.92 Å². The van der Waals surface area contributed by atoms with Crippen molar-refractivity contribution in [1.29, 1.82) is 0 Å². The molecule has 0 aliphatic rings. The molecule has 0 saturated carbocycles. The van der Waals surface area contributed by atoms with Crippen molar-refractivity contribution < 1.29 is 9.53 Å². The van der Waals surface area contributed by atoms with Gasteiger partial charge in [-0.25, -0.2) is 4.79 Å². The lowest BCUT2D eigenvalue weighted by molar-refractivity contribution is -0.137. The van der Waals surface area contributed by atoms with Crippen LogP contribution >= 0.6 is 0 Å². The first-order chi connectivity index (χ1) is 8.19. The number of carbonyl (C=O) groups is 1. The molecule has 0 aliphatic carbocycles. The van der Waals surface area contributed by atoms with Gasteiger partial charge in [0.1, 0.15) is 0 Å². The topological polar surface area (TPSA) is 42.1 Å². The van der Waals surface area contributed by atoms with Gasteiger partial charge in [-0.2, -0.15) is 0 Å². The maximum Gasteiger partial charge on any atom is 0.330 e. The third-order valence-electron chi connectivity index (χ3n) is 2.48. The van der Waals surface area contributed by atoms with Crippen LogP contribution in [0.15, 0.2) is 30.3 Å². The van der Waals surface area contributed by atoms with Gasteiger partial charge in [0.05, 0.1) is 6.61 Å². The molecule has 1 aromatic carbocycles. The third-order valence-corrected chi connectivity index (χ3v) is 2.48. The van der Waals surface area contributed by atoms with Gasteiger partial charge in [-0.1, -0.05) is 12.1 Å². The summed E-state index contributed by atoms with van der Waals surface area (Å²) in [6.45, 7) is 4.21. The number of aromatic amines is 1. The Morgan fingerprint density at radius 3 is 3.00 bits per heavy atom. The van der Waals surface area contributed by atoms with E-state index >= 15 is 0 Å². The molecule has 0 unspecified atom stereocenters. The van der Waals surface area contributed by atoms with Gasteiger partial charge >= 0.3 is 5.97 Å². The highest BCUT2D eigenvalue weighted by atomic mass is 16.5. The van der Waals surface area contributed by atoms with E-state index < -0.39 is 0 Å². The zero-order chi connectivity index (χ0) is 12.3. The van der Waals surface area contributed by atoms with E-state index in [0.29, 0.717) is 6.61 Å². The van der Waals surface area contributed by atoms with Crippen molar-refractivity contribution in [2.24, 2.45) is 0 Å². The van der Waals surface area contributed by atoms with E-state index in [4.69, 9.17) is 4.74 Å². The highest BCUT2D eigenvalue weighted by Gasteiger charge is 1.98. The lowest BCUT2D eigenvalue weighted by atomic mass is 10.1. The maximum atomic E-state index is 11.2. The first-order valence-corrected chi connectivity index (χ1v) is 5.63. The summed E-state index contributed by atoms with van der Waals surface area (Å²) in [5.74, 6) is -0.310. The predicted molar refractivity (Wildman–Crippen MR) is 68.7 cm³/mol. The first-order valence-electron chi connectivity index (χ1n) is 5.63. The van der Waals surface area contributed by atoms with E-state index in [9.17, 15) is 4.79 Å². The number of fused-ring (bicyclic) bond motifs is 1. The van der Waals surface area contributed by atoms with Gasteiger partial charge in [-0.15, -0.1) is 0 Å². The van der Waals surface area contributed by atoms with Gasteiger partial charge in [0.15, 0.2) is 0 Å². The lowest BCUT2D eigenvalue weighted by Gasteiger charge is -1.96. The molecule has 0 radical (unpaired) electrons. The molecular weight excluding hydrogens is 214 g/mol. The predicted octanol–water partition coefficient (Wildman–Crippen LogP) is 3.05. The summed E-state index contributed by atoms with van der Waals surface area (Å²) in [6, 6.07) is 8.11. The average Bonchev–Trinajstić information content (AvgIpc) is 2.66. The minimum absolute atomic E-state index is 0.310. The first kappa shape index (κ1) is 11.5. The van der Waals surface area contributed by atoms with Gasteiger partial charge in [-0.3, -0.25) is 0 Å². The van der Waals surface area contributed by atoms with Crippen molar-refractivity contribution in [3.8, 4) is 0 Å². The van der Waals surface area contributed by atoms with Crippen LogP contribution in [0.25, 0.3) is 17.0 Å². The Bertz CT molecular complexity index is 567. The zero-order valence-electron chi connectivity index (χ0n) is 9.99. The van der Waals surface area contributed by atoms with Crippen molar-refractivity contribution in [1.82, 2.24) is 4.98 Å². The van der Waals surface area contributed by atoms with E-state index in [0.717, 1.165) is 16.8 Å². The van der Waals surface area contributed by atoms with Crippen molar-refractivity contribution in [2.45, 2.75) is 13.8 Å². The van der Waals surface area contributed by atoms with Crippen LogP contribution in [0.5, 0.6) is 0 Å². The molecule has 2 rings (SSSR count). The van der Waals surface area contributed by atoms with Crippen LogP contribution in [0.2, 0.25) is 0 Å². The molecule has 0 spiro atoms. The fourth-order valence-electron chi connectivity index (χ4n) is 1.75. The Hall–Kier alpha value is -2.03. The number of H-pyrrole nitrogens is 1. The number of hydrogen-bond acceptors (Lipinski definition) is 2. The number of benzene rings is 1. The molecule has 3 nitrogen and oxygen atoms in total. The number of rotatable bonds is 3. The highest BCUT2D eigenvalue weighted by molar-refractivity contribution is 5.89. The lowest BCUT2D eigenvalue weighted by Crippen LogP contribution is -1.98. The Morgan fingerprint density at radius 2 is 2.24 bits per heavy atom. The largest absolute Gasteiger partial charge is 0.463 e. The van der Waals surface area contributed by atoms with Crippen molar-refractivity contribution >= 4 is 22.9 Å². The second-order valence-corrected chi connectivity index (χ2v) is 3.88. The molecule has 0 aliphatic heterocycles. The van der Waals surface area contributed by atoms with Crippen LogP contribution < -0.4 is 0 Å². The minimum Gasteiger partial charge on any atom is -0.463 e. The normalized spacial score (nSPS) is 11.2. The van der Waals surface area contributed by atoms with Crippen LogP contribution in [-0.2, 0) is 9.53 Å². The second kappa shape index (κ2) is 4.87. The Labute approximate surface area is 100 Å². The number of hydrogen-bond donors (Lipinski definition) is 1.